The van der Waals surface area contributed by atoms with Gasteiger partial charge in [-0.1, -0.05) is 29.8 Å². The molecular formula is C17H22N4O. The van der Waals surface area contributed by atoms with Crippen molar-refractivity contribution in [2.45, 2.75) is 20.4 Å². The van der Waals surface area contributed by atoms with E-state index in [1.54, 1.807) is 0 Å². The van der Waals surface area contributed by atoms with Crippen molar-refractivity contribution in [1.29, 1.82) is 0 Å². The highest BCUT2D eigenvalue weighted by Gasteiger charge is 2.14. The lowest BCUT2D eigenvalue weighted by molar-refractivity contribution is 0.122. The van der Waals surface area contributed by atoms with E-state index in [-0.39, 0.29) is 0 Å². The molecule has 5 nitrogen and oxygen atoms in total. The van der Waals surface area contributed by atoms with E-state index in [9.17, 15) is 0 Å². The van der Waals surface area contributed by atoms with Gasteiger partial charge in [0.15, 0.2) is 0 Å². The van der Waals surface area contributed by atoms with Gasteiger partial charge in [-0.3, -0.25) is 0 Å². The van der Waals surface area contributed by atoms with E-state index >= 15 is 0 Å². The minimum absolute atomic E-state index is 0.683. The molecule has 1 aromatic carbocycles. The Balaban J connectivity index is 1.71. The lowest BCUT2D eigenvalue weighted by Crippen LogP contribution is -2.37. The van der Waals surface area contributed by atoms with E-state index in [1.807, 2.05) is 13.0 Å². The summed E-state index contributed by atoms with van der Waals surface area (Å²) >= 11 is 0. The van der Waals surface area contributed by atoms with Gasteiger partial charge in [0.25, 0.3) is 0 Å². The SMILES string of the molecule is Cc1cccc(CNc2nc(C)cc(N3CCOCC3)n2)c1. The van der Waals surface area contributed by atoms with Crippen LogP contribution in [0.25, 0.3) is 0 Å². The van der Waals surface area contributed by atoms with Crippen molar-refractivity contribution < 1.29 is 4.74 Å². The summed E-state index contributed by atoms with van der Waals surface area (Å²) in [5.74, 6) is 1.66. The Morgan fingerprint density at radius 1 is 1.14 bits per heavy atom. The number of aryl methyl sites for hydroxylation is 2. The van der Waals surface area contributed by atoms with E-state index < -0.39 is 0 Å². The van der Waals surface area contributed by atoms with Crippen LogP contribution in [0.1, 0.15) is 16.8 Å². The van der Waals surface area contributed by atoms with E-state index in [4.69, 9.17) is 4.74 Å². The maximum atomic E-state index is 5.40. The number of ether oxygens (including phenoxy) is 1. The fourth-order valence-corrected chi connectivity index (χ4v) is 2.59. The molecule has 1 aromatic heterocycles. The number of morpholine rings is 1. The van der Waals surface area contributed by atoms with E-state index in [1.165, 1.54) is 11.1 Å². The average molecular weight is 298 g/mol. The molecule has 0 unspecified atom stereocenters. The number of hydrogen-bond acceptors (Lipinski definition) is 5. The fraction of sp³-hybridized carbons (Fsp3) is 0.412. The number of hydrogen-bond donors (Lipinski definition) is 1. The number of rotatable bonds is 4. The van der Waals surface area contributed by atoms with Crippen LogP contribution in [0.4, 0.5) is 11.8 Å². The van der Waals surface area contributed by atoms with Crippen LogP contribution >= 0.6 is 0 Å². The predicted octanol–water partition coefficient (Wildman–Crippen LogP) is 2.54. The fourth-order valence-electron chi connectivity index (χ4n) is 2.59. The summed E-state index contributed by atoms with van der Waals surface area (Å²) in [6.45, 7) is 8.12. The Kier molecular flexibility index (Phi) is 4.53. The third-order valence-electron chi connectivity index (χ3n) is 3.71. The largest absolute Gasteiger partial charge is 0.378 e. The van der Waals surface area contributed by atoms with Crippen molar-refractivity contribution in [3.63, 3.8) is 0 Å². The molecule has 22 heavy (non-hydrogen) atoms. The summed E-state index contributed by atoms with van der Waals surface area (Å²) in [4.78, 5) is 11.4. The molecule has 0 saturated carbocycles. The van der Waals surface area contributed by atoms with Gasteiger partial charge in [0.2, 0.25) is 5.95 Å². The molecule has 2 aromatic rings. The second-order valence-corrected chi connectivity index (χ2v) is 5.63. The molecule has 3 rings (SSSR count). The normalized spacial score (nSPS) is 14.9. The molecule has 1 aliphatic heterocycles. The number of anilines is 2. The molecule has 0 aliphatic carbocycles. The molecule has 0 atom stereocenters. The van der Waals surface area contributed by atoms with E-state index in [0.717, 1.165) is 44.4 Å². The first-order valence-corrected chi connectivity index (χ1v) is 7.68. The Bertz CT molecular complexity index is 638. The van der Waals surface area contributed by atoms with Crippen LogP contribution < -0.4 is 10.2 Å². The molecule has 0 amide bonds. The van der Waals surface area contributed by atoms with Gasteiger partial charge in [0, 0.05) is 31.4 Å². The van der Waals surface area contributed by atoms with Crippen LogP contribution in [0.3, 0.4) is 0 Å². The molecular weight excluding hydrogens is 276 g/mol. The summed E-state index contributed by atoms with van der Waals surface area (Å²) in [5.41, 5.74) is 3.47. The Labute approximate surface area is 131 Å². The van der Waals surface area contributed by atoms with Gasteiger partial charge in [-0.2, -0.15) is 4.98 Å². The van der Waals surface area contributed by atoms with Crippen molar-refractivity contribution >= 4 is 11.8 Å². The zero-order valence-corrected chi connectivity index (χ0v) is 13.2. The third kappa shape index (κ3) is 3.74. The number of nitrogens with one attached hydrogen (secondary N) is 1. The van der Waals surface area contributed by atoms with Crippen LogP contribution in [-0.2, 0) is 11.3 Å². The second-order valence-electron chi connectivity index (χ2n) is 5.63. The monoisotopic (exact) mass is 298 g/mol. The maximum absolute atomic E-state index is 5.40. The van der Waals surface area contributed by atoms with Gasteiger partial charge in [-0.05, 0) is 19.4 Å². The smallest absolute Gasteiger partial charge is 0.225 e. The zero-order chi connectivity index (χ0) is 15.4. The minimum Gasteiger partial charge on any atom is -0.378 e. The molecule has 0 spiro atoms. The summed E-state index contributed by atoms with van der Waals surface area (Å²) in [7, 11) is 0. The van der Waals surface area contributed by atoms with Crippen molar-refractivity contribution in [3.05, 3.63) is 47.2 Å². The average Bonchev–Trinajstić information content (AvgIpc) is 2.53. The van der Waals surface area contributed by atoms with Gasteiger partial charge >= 0.3 is 0 Å². The highest BCUT2D eigenvalue weighted by atomic mass is 16.5. The minimum atomic E-state index is 0.683. The molecule has 1 N–H and O–H groups in total. The predicted molar refractivity (Wildman–Crippen MR) is 88.3 cm³/mol. The first-order valence-electron chi connectivity index (χ1n) is 7.68. The first-order chi connectivity index (χ1) is 10.7. The van der Waals surface area contributed by atoms with E-state index in [0.29, 0.717) is 5.95 Å². The number of aromatic nitrogens is 2. The van der Waals surface area contributed by atoms with Crippen molar-refractivity contribution in [1.82, 2.24) is 9.97 Å². The van der Waals surface area contributed by atoms with Crippen LogP contribution in [0.5, 0.6) is 0 Å². The van der Waals surface area contributed by atoms with Gasteiger partial charge in [0.1, 0.15) is 5.82 Å². The van der Waals surface area contributed by atoms with Gasteiger partial charge in [-0.25, -0.2) is 4.98 Å². The van der Waals surface area contributed by atoms with Crippen LogP contribution in [-0.4, -0.2) is 36.3 Å². The molecule has 1 saturated heterocycles. The highest BCUT2D eigenvalue weighted by Crippen LogP contribution is 2.16. The number of benzene rings is 1. The van der Waals surface area contributed by atoms with Crippen LogP contribution in [0, 0.1) is 13.8 Å². The molecule has 1 fully saturated rings. The van der Waals surface area contributed by atoms with Crippen molar-refractivity contribution in [2.75, 3.05) is 36.5 Å². The third-order valence-corrected chi connectivity index (χ3v) is 3.71. The van der Waals surface area contributed by atoms with Gasteiger partial charge in [-0.15, -0.1) is 0 Å². The van der Waals surface area contributed by atoms with Crippen molar-refractivity contribution in [3.8, 4) is 0 Å². The first kappa shape index (κ1) is 14.8. The van der Waals surface area contributed by atoms with Gasteiger partial charge < -0.3 is 15.0 Å². The molecule has 0 radical (unpaired) electrons. The molecule has 116 valence electrons. The summed E-state index contributed by atoms with van der Waals surface area (Å²) < 4.78 is 5.40. The van der Waals surface area contributed by atoms with Crippen LogP contribution in [0.15, 0.2) is 30.3 Å². The highest BCUT2D eigenvalue weighted by molar-refractivity contribution is 5.45. The standard InChI is InChI=1S/C17H22N4O/c1-13-4-3-5-15(10-13)12-18-17-19-14(2)11-16(20-17)21-6-8-22-9-7-21/h3-5,10-11H,6-9,12H2,1-2H3,(H,18,19,20). The summed E-state index contributed by atoms with van der Waals surface area (Å²) in [6.07, 6.45) is 0. The lowest BCUT2D eigenvalue weighted by Gasteiger charge is -2.28. The lowest BCUT2D eigenvalue weighted by atomic mass is 10.1. The zero-order valence-electron chi connectivity index (χ0n) is 13.2. The molecule has 5 heteroatoms. The molecule has 1 aliphatic rings. The maximum Gasteiger partial charge on any atom is 0.225 e. The molecule has 2 heterocycles. The Morgan fingerprint density at radius 3 is 2.73 bits per heavy atom. The van der Waals surface area contributed by atoms with Crippen molar-refractivity contribution in [2.24, 2.45) is 0 Å². The topological polar surface area (TPSA) is 50.3 Å². The summed E-state index contributed by atoms with van der Waals surface area (Å²) in [6, 6.07) is 10.5. The number of nitrogens with zero attached hydrogens (tertiary/aromatic N) is 3. The van der Waals surface area contributed by atoms with Gasteiger partial charge in [0.05, 0.1) is 13.2 Å². The summed E-state index contributed by atoms with van der Waals surface area (Å²) in [5, 5.41) is 3.33. The van der Waals surface area contributed by atoms with Crippen LogP contribution in [0.2, 0.25) is 0 Å². The van der Waals surface area contributed by atoms with E-state index in [2.05, 4.69) is 51.4 Å². The Hall–Kier alpha value is -2.14. The molecule has 0 bridgehead atoms. The Morgan fingerprint density at radius 2 is 1.95 bits per heavy atom. The quantitative estimate of drug-likeness (QED) is 0.940. The second kappa shape index (κ2) is 6.75.